The molecule has 0 nitrogen and oxygen atoms in total. The lowest BCUT2D eigenvalue weighted by Gasteiger charge is -2.27. The van der Waals surface area contributed by atoms with Crippen LogP contribution in [0.1, 0.15) is 0 Å². The number of hydrogen-bond acceptors (Lipinski definition) is 0. The van der Waals surface area contributed by atoms with Gasteiger partial charge in [-0.3, -0.25) is 0 Å². The van der Waals surface area contributed by atoms with Gasteiger partial charge in [0.15, 0.2) is 5.63 Å². The molecule has 0 bridgehead atoms. The van der Waals surface area contributed by atoms with E-state index in [2.05, 4.69) is 36.4 Å². The SMILES string of the molecule is C=CC=C.FC(Cl)C(Cl)C(F)(Cl)C(F)(F)Br. The first-order valence-electron chi connectivity index (χ1n) is 3.62. The summed E-state index contributed by atoms with van der Waals surface area (Å²) in [5.74, 6) is 0. The van der Waals surface area contributed by atoms with E-state index < -0.39 is 21.0 Å². The predicted molar refractivity (Wildman–Crippen MR) is 64.4 cm³/mol. The van der Waals surface area contributed by atoms with Gasteiger partial charge in [0.1, 0.15) is 5.38 Å². The van der Waals surface area contributed by atoms with Gasteiger partial charge in [-0.2, -0.15) is 8.78 Å². The number of alkyl halides is 8. The maximum atomic E-state index is 12.8. The number of halogens is 8. The molecule has 0 aromatic heterocycles. The van der Waals surface area contributed by atoms with Crippen LogP contribution in [0.3, 0.4) is 0 Å². The lowest BCUT2D eigenvalue weighted by molar-refractivity contribution is -0.0125. The summed E-state index contributed by atoms with van der Waals surface area (Å²) in [7, 11) is 0. The summed E-state index contributed by atoms with van der Waals surface area (Å²) in [5, 5.41) is -6.12. The Balaban J connectivity index is 0. The molecule has 0 aliphatic carbocycles. The van der Waals surface area contributed by atoms with Crippen molar-refractivity contribution in [3.05, 3.63) is 25.3 Å². The van der Waals surface area contributed by atoms with Crippen molar-refractivity contribution in [2.24, 2.45) is 0 Å². The second-order valence-corrected chi connectivity index (χ2v) is 4.76. The Bertz CT molecular complexity index is 222. The Kier molecular flexibility index (Phi) is 9.21. The maximum absolute atomic E-state index is 12.8. The van der Waals surface area contributed by atoms with Crippen molar-refractivity contribution in [2.75, 3.05) is 0 Å². The molecule has 3 atom stereocenters. The number of hydrogen-bond donors (Lipinski definition) is 0. The van der Waals surface area contributed by atoms with Crippen molar-refractivity contribution in [1.29, 1.82) is 0 Å². The van der Waals surface area contributed by atoms with Crippen molar-refractivity contribution in [3.8, 4) is 0 Å². The van der Waals surface area contributed by atoms with Gasteiger partial charge < -0.3 is 0 Å². The maximum Gasteiger partial charge on any atom is 0.350 e. The first kappa shape index (κ1) is 18.9. The summed E-state index contributed by atoms with van der Waals surface area (Å²) in [4.78, 5) is -4.15. The van der Waals surface area contributed by atoms with E-state index in [4.69, 9.17) is 11.6 Å². The second kappa shape index (κ2) is 7.80. The van der Waals surface area contributed by atoms with Crippen molar-refractivity contribution in [1.82, 2.24) is 0 Å². The Hall–Kier alpha value is 0.550. The van der Waals surface area contributed by atoms with Crippen LogP contribution in [0.4, 0.5) is 17.6 Å². The minimum Gasteiger partial charge on any atom is -0.228 e. The molecule has 96 valence electrons. The number of rotatable bonds is 4. The van der Waals surface area contributed by atoms with Gasteiger partial charge in [-0.25, -0.2) is 8.78 Å². The van der Waals surface area contributed by atoms with Gasteiger partial charge in [-0.15, -0.1) is 11.6 Å². The summed E-state index contributed by atoms with van der Waals surface area (Å²) in [5.41, 5.74) is -2.50. The van der Waals surface area contributed by atoms with Crippen molar-refractivity contribution in [2.45, 2.75) is 21.0 Å². The van der Waals surface area contributed by atoms with Gasteiger partial charge in [-0.1, -0.05) is 48.5 Å². The highest BCUT2D eigenvalue weighted by molar-refractivity contribution is 9.10. The Labute approximate surface area is 114 Å². The van der Waals surface area contributed by atoms with Gasteiger partial charge in [-0.05, 0) is 15.9 Å². The molecule has 0 heterocycles. The quantitative estimate of drug-likeness (QED) is 0.356. The fourth-order valence-electron chi connectivity index (χ4n) is 0.315. The zero-order chi connectivity index (χ0) is 13.6. The topological polar surface area (TPSA) is 0 Å². The molecule has 0 amide bonds. The van der Waals surface area contributed by atoms with Gasteiger partial charge >= 0.3 is 4.83 Å². The molecule has 8 heteroatoms. The van der Waals surface area contributed by atoms with Crippen molar-refractivity contribution < 1.29 is 17.6 Å². The van der Waals surface area contributed by atoms with Crippen LogP contribution in [-0.4, -0.2) is 21.0 Å². The highest BCUT2D eigenvalue weighted by Gasteiger charge is 2.59. The lowest BCUT2D eigenvalue weighted by atomic mass is 10.3. The minimum atomic E-state index is -4.15. The molecule has 0 saturated carbocycles. The zero-order valence-electron chi connectivity index (χ0n) is 7.75. The molecule has 0 aliphatic rings. The molecule has 16 heavy (non-hydrogen) atoms. The van der Waals surface area contributed by atoms with E-state index in [0.29, 0.717) is 0 Å². The van der Waals surface area contributed by atoms with E-state index in [0.717, 1.165) is 0 Å². The molecule has 0 aromatic carbocycles. The summed E-state index contributed by atoms with van der Waals surface area (Å²) in [6.07, 6.45) is 3.28. The summed E-state index contributed by atoms with van der Waals surface area (Å²) < 4.78 is 49.3. The largest absolute Gasteiger partial charge is 0.350 e. The molecule has 0 rings (SSSR count). The van der Waals surface area contributed by atoms with Crippen LogP contribution >= 0.6 is 50.7 Å². The van der Waals surface area contributed by atoms with Crippen LogP contribution in [0.5, 0.6) is 0 Å². The average Bonchev–Trinajstić information content (AvgIpc) is 2.15. The normalized spacial score (nSPS) is 18.5. The molecule has 3 unspecified atom stereocenters. The molecule has 0 fully saturated rings. The first-order valence-corrected chi connectivity index (χ1v) is 5.67. The highest BCUT2D eigenvalue weighted by atomic mass is 79.9. The fourth-order valence-corrected chi connectivity index (χ4v) is 1.18. The average molecular weight is 366 g/mol. The van der Waals surface area contributed by atoms with Crippen molar-refractivity contribution >= 4 is 50.7 Å². The Morgan fingerprint density at radius 2 is 1.44 bits per heavy atom. The van der Waals surface area contributed by atoms with E-state index >= 15 is 0 Å². The molecule has 0 aliphatic heterocycles. The van der Waals surface area contributed by atoms with Crippen LogP contribution in [0, 0.1) is 0 Å². The molecule has 0 saturated heterocycles. The minimum absolute atomic E-state index is 1.62. The molecular weight excluding hydrogens is 358 g/mol. The van der Waals surface area contributed by atoms with Crippen LogP contribution in [0.25, 0.3) is 0 Å². The van der Waals surface area contributed by atoms with Crippen LogP contribution in [0.15, 0.2) is 25.3 Å². The van der Waals surface area contributed by atoms with Gasteiger partial charge in [0, 0.05) is 0 Å². The fraction of sp³-hybridized carbons (Fsp3) is 0.500. The van der Waals surface area contributed by atoms with E-state index in [1.165, 1.54) is 0 Å². The third-order valence-electron chi connectivity index (χ3n) is 1.11. The van der Waals surface area contributed by atoms with Crippen molar-refractivity contribution in [3.63, 3.8) is 0 Å². The third-order valence-corrected chi connectivity index (χ3v) is 3.40. The third kappa shape index (κ3) is 6.33. The monoisotopic (exact) mass is 364 g/mol. The Morgan fingerprint density at radius 3 is 1.50 bits per heavy atom. The molecular formula is C8H8BrCl3F4. The van der Waals surface area contributed by atoms with Crippen LogP contribution in [-0.2, 0) is 0 Å². The zero-order valence-corrected chi connectivity index (χ0v) is 11.6. The highest BCUT2D eigenvalue weighted by Crippen LogP contribution is 2.47. The Morgan fingerprint density at radius 1 is 1.12 bits per heavy atom. The predicted octanol–water partition coefficient (Wildman–Crippen LogP) is 5.38. The van der Waals surface area contributed by atoms with E-state index in [-0.39, 0.29) is 0 Å². The summed E-state index contributed by atoms with van der Waals surface area (Å²) in [6.45, 7) is 6.72. The summed E-state index contributed by atoms with van der Waals surface area (Å²) >= 11 is 15.8. The lowest BCUT2D eigenvalue weighted by Crippen LogP contribution is -2.45. The first-order chi connectivity index (χ1) is 7.02. The van der Waals surface area contributed by atoms with Gasteiger partial charge in [0.25, 0.3) is 5.13 Å². The van der Waals surface area contributed by atoms with Crippen LogP contribution in [0.2, 0.25) is 0 Å². The smallest absolute Gasteiger partial charge is 0.228 e. The van der Waals surface area contributed by atoms with E-state index in [1.807, 2.05) is 0 Å². The number of allylic oxidation sites excluding steroid dienone is 2. The van der Waals surface area contributed by atoms with Crippen LogP contribution < -0.4 is 0 Å². The van der Waals surface area contributed by atoms with E-state index in [9.17, 15) is 17.6 Å². The molecule has 0 spiro atoms. The van der Waals surface area contributed by atoms with Gasteiger partial charge in [0.05, 0.1) is 0 Å². The van der Waals surface area contributed by atoms with E-state index in [1.54, 1.807) is 28.1 Å². The molecule has 0 aromatic rings. The second-order valence-electron chi connectivity index (χ2n) is 2.33. The molecule has 0 radical (unpaired) electrons. The summed E-state index contributed by atoms with van der Waals surface area (Å²) in [6, 6.07) is 0. The standard InChI is InChI=1S/C4H2BrCl3F4.C4H6/c5-4(11,12)3(8,10)1(6)2(7)9;1-3-4-2/h1-2H;3-4H,1-2H2. The van der Waals surface area contributed by atoms with Gasteiger partial charge in [0.2, 0.25) is 0 Å². The molecule has 0 N–H and O–H groups in total.